The lowest BCUT2D eigenvalue weighted by molar-refractivity contribution is -0.132. The van der Waals surface area contributed by atoms with E-state index in [1.165, 1.54) is 4.90 Å². The highest BCUT2D eigenvalue weighted by Crippen LogP contribution is 2.44. The van der Waals surface area contributed by atoms with Crippen LogP contribution in [0.2, 0.25) is 5.02 Å². The molecule has 5 nitrogen and oxygen atoms in total. The number of aliphatic hydroxyl groups excluding tert-OH is 1. The van der Waals surface area contributed by atoms with Crippen molar-refractivity contribution in [2.24, 2.45) is 0 Å². The van der Waals surface area contributed by atoms with Crippen LogP contribution < -0.4 is 9.64 Å². The van der Waals surface area contributed by atoms with Gasteiger partial charge in [0.15, 0.2) is 0 Å². The quantitative estimate of drug-likeness (QED) is 0.111. The molecule has 1 fully saturated rings. The smallest absolute Gasteiger partial charge is 0.300 e. The number of nitrogens with zero attached hydrogens (tertiary/aromatic N) is 1. The minimum atomic E-state index is -0.827. The molecule has 1 heterocycles. The Morgan fingerprint density at radius 1 is 0.895 bits per heavy atom. The average molecular weight is 526 g/mol. The highest BCUT2D eigenvalue weighted by Gasteiger charge is 2.47. The van der Waals surface area contributed by atoms with Crippen LogP contribution in [0.1, 0.15) is 43.4 Å². The molecule has 4 aromatic carbocycles. The number of aliphatic hydroxyl groups is 1. The van der Waals surface area contributed by atoms with Crippen LogP contribution in [0, 0.1) is 0 Å². The fourth-order valence-electron chi connectivity index (χ4n) is 4.89. The van der Waals surface area contributed by atoms with E-state index >= 15 is 0 Å². The van der Waals surface area contributed by atoms with Crippen LogP contribution in [0.3, 0.4) is 0 Å². The van der Waals surface area contributed by atoms with Crippen LogP contribution in [0.25, 0.3) is 16.5 Å². The van der Waals surface area contributed by atoms with E-state index in [4.69, 9.17) is 16.3 Å². The number of carbonyl (C=O) groups is 2. The molecule has 38 heavy (non-hydrogen) atoms. The van der Waals surface area contributed by atoms with Crippen molar-refractivity contribution in [2.45, 2.75) is 32.2 Å². The SMILES string of the molecule is CCCCCOc1ccc(/C(O)=C2/C(=O)C(=O)N(c3ccc(Cl)cc3)C2c2cccc3ccccc23)cc1. The molecule has 1 saturated heterocycles. The Morgan fingerprint density at radius 3 is 2.34 bits per heavy atom. The van der Waals surface area contributed by atoms with Gasteiger partial charge in [0.05, 0.1) is 18.2 Å². The van der Waals surface area contributed by atoms with Crippen LogP contribution in [0.15, 0.2) is 96.6 Å². The van der Waals surface area contributed by atoms with Crippen molar-refractivity contribution in [3.63, 3.8) is 0 Å². The van der Waals surface area contributed by atoms with E-state index in [1.807, 2.05) is 42.5 Å². The summed E-state index contributed by atoms with van der Waals surface area (Å²) in [4.78, 5) is 28.4. The van der Waals surface area contributed by atoms with Gasteiger partial charge in [-0.3, -0.25) is 14.5 Å². The normalized spacial score (nSPS) is 16.8. The van der Waals surface area contributed by atoms with Gasteiger partial charge in [0.1, 0.15) is 11.5 Å². The fraction of sp³-hybridized carbons (Fsp3) is 0.188. The van der Waals surface area contributed by atoms with Crippen LogP contribution in [0.4, 0.5) is 5.69 Å². The summed E-state index contributed by atoms with van der Waals surface area (Å²) < 4.78 is 5.79. The predicted molar refractivity (Wildman–Crippen MR) is 152 cm³/mol. The summed E-state index contributed by atoms with van der Waals surface area (Å²) in [5, 5.41) is 13.9. The molecule has 6 heteroatoms. The van der Waals surface area contributed by atoms with E-state index in [0.29, 0.717) is 28.6 Å². The number of carbonyl (C=O) groups excluding carboxylic acids is 2. The number of Topliss-reactive ketones (excluding diaryl/α,β-unsaturated/α-hetero) is 1. The van der Waals surface area contributed by atoms with Crippen molar-refractivity contribution in [3.8, 4) is 5.75 Å². The zero-order valence-electron chi connectivity index (χ0n) is 21.1. The Kier molecular flexibility index (Phi) is 7.47. The fourth-order valence-corrected chi connectivity index (χ4v) is 5.02. The van der Waals surface area contributed by atoms with Crippen molar-refractivity contribution < 1.29 is 19.4 Å². The Hall–Kier alpha value is -4.09. The summed E-state index contributed by atoms with van der Waals surface area (Å²) in [5.41, 5.74) is 1.74. The van der Waals surface area contributed by atoms with Gasteiger partial charge in [0.25, 0.3) is 11.7 Å². The number of rotatable bonds is 8. The van der Waals surface area contributed by atoms with Gasteiger partial charge in [-0.25, -0.2) is 0 Å². The minimum absolute atomic E-state index is 0.0397. The van der Waals surface area contributed by atoms with Gasteiger partial charge in [0, 0.05) is 16.3 Å². The van der Waals surface area contributed by atoms with Gasteiger partial charge >= 0.3 is 0 Å². The molecule has 1 aliphatic heterocycles. The lowest BCUT2D eigenvalue weighted by Gasteiger charge is -2.26. The van der Waals surface area contributed by atoms with Crippen molar-refractivity contribution in [2.75, 3.05) is 11.5 Å². The van der Waals surface area contributed by atoms with Gasteiger partial charge in [-0.05, 0) is 71.3 Å². The lowest BCUT2D eigenvalue weighted by atomic mass is 9.91. The summed E-state index contributed by atoms with van der Waals surface area (Å²) in [6.45, 7) is 2.76. The Balaban J connectivity index is 1.62. The summed E-state index contributed by atoms with van der Waals surface area (Å²) >= 11 is 6.10. The van der Waals surface area contributed by atoms with Crippen molar-refractivity contribution >= 4 is 45.5 Å². The van der Waals surface area contributed by atoms with Crippen molar-refractivity contribution in [3.05, 3.63) is 113 Å². The predicted octanol–water partition coefficient (Wildman–Crippen LogP) is 7.69. The van der Waals surface area contributed by atoms with E-state index in [-0.39, 0.29) is 11.3 Å². The molecule has 0 radical (unpaired) electrons. The van der Waals surface area contributed by atoms with Gasteiger partial charge in [-0.2, -0.15) is 0 Å². The van der Waals surface area contributed by atoms with E-state index in [0.717, 1.165) is 35.6 Å². The van der Waals surface area contributed by atoms with Crippen LogP contribution >= 0.6 is 11.6 Å². The first-order chi connectivity index (χ1) is 18.5. The number of anilines is 1. The molecule has 5 rings (SSSR count). The molecule has 192 valence electrons. The first-order valence-corrected chi connectivity index (χ1v) is 13.1. The molecule has 0 spiro atoms. The molecule has 1 aliphatic rings. The molecule has 0 saturated carbocycles. The monoisotopic (exact) mass is 525 g/mol. The third kappa shape index (κ3) is 4.90. The Bertz CT molecular complexity index is 1500. The number of benzene rings is 4. The molecule has 4 aromatic rings. The number of fused-ring (bicyclic) bond motifs is 1. The van der Waals surface area contributed by atoms with E-state index < -0.39 is 17.7 Å². The second kappa shape index (κ2) is 11.1. The van der Waals surface area contributed by atoms with E-state index in [9.17, 15) is 14.7 Å². The van der Waals surface area contributed by atoms with Crippen LogP contribution in [-0.2, 0) is 9.59 Å². The topological polar surface area (TPSA) is 66.8 Å². The van der Waals surface area contributed by atoms with Crippen LogP contribution in [-0.4, -0.2) is 23.4 Å². The van der Waals surface area contributed by atoms with E-state index in [1.54, 1.807) is 48.5 Å². The maximum absolute atomic E-state index is 13.5. The first kappa shape index (κ1) is 25.6. The summed E-state index contributed by atoms with van der Waals surface area (Å²) in [5.74, 6) is -0.988. The molecule has 0 aliphatic carbocycles. The molecule has 0 aromatic heterocycles. The zero-order chi connectivity index (χ0) is 26.6. The van der Waals surface area contributed by atoms with Crippen molar-refractivity contribution in [1.29, 1.82) is 0 Å². The summed E-state index contributed by atoms with van der Waals surface area (Å²) in [7, 11) is 0. The van der Waals surface area contributed by atoms with Crippen LogP contribution in [0.5, 0.6) is 5.75 Å². The van der Waals surface area contributed by atoms with Gasteiger partial charge in [-0.15, -0.1) is 0 Å². The minimum Gasteiger partial charge on any atom is -0.507 e. The average Bonchev–Trinajstić information content (AvgIpc) is 3.21. The standard InChI is InChI=1S/C32H28ClNO4/c1-2-3-6-20-38-25-18-12-22(13-19-25)30(35)28-29(27-11-7-9-21-8-4-5-10-26(21)27)34(32(37)31(28)36)24-16-14-23(33)15-17-24/h4-5,7-19,29,35H,2-3,6,20H2,1H3/b30-28-. The third-order valence-corrected chi connectivity index (χ3v) is 7.06. The number of hydrogen-bond donors (Lipinski definition) is 1. The molecule has 1 atom stereocenters. The van der Waals surface area contributed by atoms with Gasteiger partial charge in [0.2, 0.25) is 0 Å². The molecule has 1 amide bonds. The maximum Gasteiger partial charge on any atom is 0.300 e. The van der Waals surface area contributed by atoms with E-state index in [2.05, 4.69) is 6.92 Å². The highest BCUT2D eigenvalue weighted by atomic mass is 35.5. The molecule has 1 N–H and O–H groups in total. The number of hydrogen-bond acceptors (Lipinski definition) is 4. The number of ether oxygens (including phenoxy) is 1. The van der Waals surface area contributed by atoms with Gasteiger partial charge in [-0.1, -0.05) is 73.8 Å². The summed E-state index contributed by atoms with van der Waals surface area (Å²) in [6.07, 6.45) is 3.18. The van der Waals surface area contributed by atoms with Crippen molar-refractivity contribution in [1.82, 2.24) is 0 Å². The number of amides is 1. The highest BCUT2D eigenvalue weighted by molar-refractivity contribution is 6.52. The van der Waals surface area contributed by atoms with Gasteiger partial charge < -0.3 is 9.84 Å². The summed E-state index contributed by atoms with van der Waals surface area (Å²) in [6, 6.07) is 26.4. The molecular weight excluding hydrogens is 498 g/mol. The second-order valence-electron chi connectivity index (χ2n) is 9.29. The molecular formula is C32H28ClNO4. The zero-order valence-corrected chi connectivity index (χ0v) is 21.8. The first-order valence-electron chi connectivity index (χ1n) is 12.8. The molecule has 0 bridgehead atoms. The second-order valence-corrected chi connectivity index (χ2v) is 9.73. The molecule has 1 unspecified atom stereocenters. The number of halogens is 1. The maximum atomic E-state index is 13.5. The Labute approximate surface area is 226 Å². The number of unbranched alkanes of at least 4 members (excludes halogenated alkanes) is 2. The Morgan fingerprint density at radius 2 is 1.61 bits per heavy atom. The lowest BCUT2D eigenvalue weighted by Crippen LogP contribution is -2.29. The number of ketones is 1. The largest absolute Gasteiger partial charge is 0.507 e. The third-order valence-electron chi connectivity index (χ3n) is 6.81.